The summed E-state index contributed by atoms with van der Waals surface area (Å²) in [5.41, 5.74) is 2.25. The quantitative estimate of drug-likeness (QED) is 0.741. The molecule has 1 aromatic carbocycles. The summed E-state index contributed by atoms with van der Waals surface area (Å²) < 4.78 is 7.00. The van der Waals surface area contributed by atoms with Crippen LogP contribution < -0.4 is 4.74 Å². The molecule has 5 nitrogen and oxygen atoms in total. The first-order valence-electron chi connectivity index (χ1n) is 8.96. The van der Waals surface area contributed by atoms with Crippen molar-refractivity contribution in [3.8, 4) is 5.75 Å². The van der Waals surface area contributed by atoms with Crippen LogP contribution in [0.4, 0.5) is 0 Å². The Morgan fingerprint density at radius 2 is 2.04 bits per heavy atom. The van der Waals surface area contributed by atoms with Gasteiger partial charge in [0.05, 0.1) is 13.3 Å². The molecule has 134 valence electrons. The molecule has 1 fully saturated rings. The van der Waals surface area contributed by atoms with Crippen LogP contribution in [-0.2, 0) is 24.8 Å². The van der Waals surface area contributed by atoms with Crippen molar-refractivity contribution in [3.05, 3.63) is 47.8 Å². The number of aryl methyl sites for hydroxylation is 2. The molecule has 3 rings (SSSR count). The van der Waals surface area contributed by atoms with Crippen LogP contribution in [0.15, 0.2) is 36.7 Å². The maximum Gasteiger partial charge on any atom is 0.223 e. The van der Waals surface area contributed by atoms with Crippen molar-refractivity contribution >= 4 is 5.91 Å². The minimum absolute atomic E-state index is 0.221. The van der Waals surface area contributed by atoms with Gasteiger partial charge in [0.1, 0.15) is 5.75 Å². The molecule has 1 aliphatic carbocycles. The predicted octanol–water partition coefficient (Wildman–Crippen LogP) is 3.19. The fraction of sp³-hybridized carbons (Fsp3) is 0.500. The normalized spacial score (nSPS) is 15.0. The zero-order valence-corrected chi connectivity index (χ0v) is 15.3. The lowest BCUT2D eigenvalue weighted by Gasteiger charge is -2.30. The minimum atomic E-state index is 0.221. The van der Waals surface area contributed by atoms with Gasteiger partial charge in [-0.15, -0.1) is 0 Å². The predicted molar refractivity (Wildman–Crippen MR) is 97.3 cm³/mol. The van der Waals surface area contributed by atoms with Gasteiger partial charge in [-0.25, -0.2) is 0 Å². The Kier molecular flexibility index (Phi) is 5.41. The number of nitrogens with zero attached hydrogens (tertiary/aromatic N) is 3. The summed E-state index contributed by atoms with van der Waals surface area (Å²) in [7, 11) is 3.56. The van der Waals surface area contributed by atoms with Gasteiger partial charge in [0.25, 0.3) is 0 Å². The SMILES string of the molecule is COc1ccc(CN(C(=O)CCc2cnn(C)c2)C(C)C2CC2)cc1. The van der Waals surface area contributed by atoms with Gasteiger partial charge < -0.3 is 9.64 Å². The van der Waals surface area contributed by atoms with E-state index in [1.807, 2.05) is 43.7 Å². The molecule has 1 heterocycles. The monoisotopic (exact) mass is 341 g/mol. The number of benzene rings is 1. The van der Waals surface area contributed by atoms with Crippen molar-refractivity contribution < 1.29 is 9.53 Å². The molecule has 0 spiro atoms. The molecule has 5 heteroatoms. The van der Waals surface area contributed by atoms with Crippen LogP contribution in [0.2, 0.25) is 0 Å². The van der Waals surface area contributed by atoms with Gasteiger partial charge in [-0.05, 0) is 55.4 Å². The highest BCUT2D eigenvalue weighted by Crippen LogP contribution is 2.36. The van der Waals surface area contributed by atoms with E-state index in [0.29, 0.717) is 24.9 Å². The number of hydrogen-bond donors (Lipinski definition) is 0. The molecular formula is C20H27N3O2. The molecule has 0 N–H and O–H groups in total. The van der Waals surface area contributed by atoms with Crippen molar-refractivity contribution in [1.29, 1.82) is 0 Å². The molecule has 25 heavy (non-hydrogen) atoms. The summed E-state index contributed by atoms with van der Waals surface area (Å²) in [6.07, 6.45) is 7.55. The summed E-state index contributed by atoms with van der Waals surface area (Å²) >= 11 is 0. The Labute approximate surface area is 149 Å². The van der Waals surface area contributed by atoms with Crippen LogP contribution in [-0.4, -0.2) is 33.7 Å². The average Bonchev–Trinajstić information content (AvgIpc) is 3.39. The fourth-order valence-corrected chi connectivity index (χ4v) is 3.22. The van der Waals surface area contributed by atoms with Crippen LogP contribution in [0.25, 0.3) is 0 Å². The summed E-state index contributed by atoms with van der Waals surface area (Å²) in [5, 5.41) is 4.18. The van der Waals surface area contributed by atoms with Crippen molar-refractivity contribution in [3.63, 3.8) is 0 Å². The van der Waals surface area contributed by atoms with E-state index < -0.39 is 0 Å². The third kappa shape index (κ3) is 4.62. The second-order valence-corrected chi connectivity index (χ2v) is 6.97. The average molecular weight is 341 g/mol. The van der Waals surface area contributed by atoms with Gasteiger partial charge in [-0.1, -0.05) is 12.1 Å². The van der Waals surface area contributed by atoms with Gasteiger partial charge in [0.2, 0.25) is 5.91 Å². The smallest absolute Gasteiger partial charge is 0.223 e. The highest BCUT2D eigenvalue weighted by molar-refractivity contribution is 5.77. The lowest BCUT2D eigenvalue weighted by Crippen LogP contribution is -2.39. The topological polar surface area (TPSA) is 47.4 Å². The van der Waals surface area contributed by atoms with Crippen LogP contribution in [0.5, 0.6) is 5.75 Å². The highest BCUT2D eigenvalue weighted by Gasteiger charge is 2.34. The van der Waals surface area contributed by atoms with Crippen LogP contribution >= 0.6 is 0 Å². The third-order valence-corrected chi connectivity index (χ3v) is 5.01. The Balaban J connectivity index is 1.66. The van der Waals surface area contributed by atoms with Gasteiger partial charge in [0.15, 0.2) is 0 Å². The maximum absolute atomic E-state index is 12.9. The molecule has 0 aliphatic heterocycles. The molecule has 2 aromatic rings. The Morgan fingerprint density at radius 3 is 2.60 bits per heavy atom. The molecule has 1 amide bonds. The van der Waals surface area contributed by atoms with Crippen molar-refractivity contribution in [2.75, 3.05) is 7.11 Å². The molecule has 1 saturated carbocycles. The zero-order valence-electron chi connectivity index (χ0n) is 15.3. The molecular weight excluding hydrogens is 314 g/mol. The van der Waals surface area contributed by atoms with E-state index in [-0.39, 0.29) is 5.91 Å². The minimum Gasteiger partial charge on any atom is -0.497 e. The van der Waals surface area contributed by atoms with E-state index in [1.54, 1.807) is 11.8 Å². The summed E-state index contributed by atoms with van der Waals surface area (Å²) in [6, 6.07) is 8.29. The molecule has 1 aliphatic rings. The number of carbonyl (C=O) groups is 1. The van der Waals surface area contributed by atoms with Crippen LogP contribution in [0.3, 0.4) is 0 Å². The first-order chi connectivity index (χ1) is 12.1. The van der Waals surface area contributed by atoms with Gasteiger partial charge in [-0.2, -0.15) is 5.10 Å². The van der Waals surface area contributed by atoms with Gasteiger partial charge in [-0.3, -0.25) is 9.48 Å². The summed E-state index contributed by atoms with van der Waals surface area (Å²) in [6.45, 7) is 2.84. The first kappa shape index (κ1) is 17.5. The molecule has 1 unspecified atom stereocenters. The molecule has 1 atom stereocenters. The first-order valence-corrected chi connectivity index (χ1v) is 8.96. The number of amides is 1. The summed E-state index contributed by atoms with van der Waals surface area (Å²) in [5.74, 6) is 1.72. The Morgan fingerprint density at radius 1 is 1.32 bits per heavy atom. The van der Waals surface area contributed by atoms with E-state index in [1.165, 1.54) is 12.8 Å². The second-order valence-electron chi connectivity index (χ2n) is 6.97. The Bertz CT molecular complexity index is 704. The number of ether oxygens (including phenoxy) is 1. The highest BCUT2D eigenvalue weighted by atomic mass is 16.5. The number of aromatic nitrogens is 2. The summed E-state index contributed by atoms with van der Waals surface area (Å²) in [4.78, 5) is 14.9. The van der Waals surface area contributed by atoms with Crippen molar-refractivity contribution in [2.45, 2.75) is 45.2 Å². The lowest BCUT2D eigenvalue weighted by atomic mass is 10.1. The van der Waals surface area contributed by atoms with Crippen LogP contribution in [0.1, 0.15) is 37.3 Å². The number of methoxy groups -OCH3 is 1. The van der Waals surface area contributed by atoms with Crippen LogP contribution in [0, 0.1) is 5.92 Å². The fourth-order valence-electron chi connectivity index (χ4n) is 3.22. The van der Waals surface area contributed by atoms with E-state index in [4.69, 9.17) is 4.74 Å². The van der Waals surface area contributed by atoms with E-state index in [0.717, 1.165) is 23.3 Å². The lowest BCUT2D eigenvalue weighted by molar-refractivity contribution is -0.134. The second kappa shape index (κ2) is 7.72. The van der Waals surface area contributed by atoms with Gasteiger partial charge in [0, 0.05) is 32.3 Å². The van der Waals surface area contributed by atoms with Crippen molar-refractivity contribution in [1.82, 2.24) is 14.7 Å². The zero-order chi connectivity index (χ0) is 17.8. The molecule has 0 saturated heterocycles. The third-order valence-electron chi connectivity index (χ3n) is 5.01. The number of hydrogen-bond acceptors (Lipinski definition) is 3. The Hall–Kier alpha value is -2.30. The van der Waals surface area contributed by atoms with Gasteiger partial charge >= 0.3 is 0 Å². The van der Waals surface area contributed by atoms with E-state index in [2.05, 4.69) is 16.9 Å². The largest absolute Gasteiger partial charge is 0.497 e. The van der Waals surface area contributed by atoms with Crippen molar-refractivity contribution in [2.24, 2.45) is 13.0 Å². The standard InChI is InChI=1S/C20H27N3O2/c1-15(18-7-8-18)23(14-16-4-9-19(25-3)10-5-16)20(24)11-6-17-12-21-22(2)13-17/h4-5,9-10,12-13,15,18H,6-8,11,14H2,1-3H3. The number of rotatable bonds is 8. The molecule has 0 radical (unpaired) electrons. The molecule has 0 bridgehead atoms. The maximum atomic E-state index is 12.9. The van der Waals surface area contributed by atoms with E-state index >= 15 is 0 Å². The molecule has 1 aromatic heterocycles. The van der Waals surface area contributed by atoms with E-state index in [9.17, 15) is 4.79 Å². The number of carbonyl (C=O) groups excluding carboxylic acids is 1.